The van der Waals surface area contributed by atoms with Crippen LogP contribution in [0.2, 0.25) is 0 Å². The summed E-state index contributed by atoms with van der Waals surface area (Å²) in [5.74, 6) is 0.932. The highest BCUT2D eigenvalue weighted by Gasteiger charge is 2.12. The normalized spacial score (nSPS) is 11.3. The van der Waals surface area contributed by atoms with Gasteiger partial charge in [-0.05, 0) is 26.3 Å². The molecule has 5 nitrogen and oxygen atoms in total. The second kappa shape index (κ2) is 5.14. The quantitative estimate of drug-likeness (QED) is 0.848. The average Bonchev–Trinajstić information content (AvgIpc) is 2.76. The van der Waals surface area contributed by atoms with Crippen molar-refractivity contribution in [2.75, 3.05) is 18.1 Å². The maximum atomic E-state index is 8.92. The molecule has 0 unspecified atom stereocenters. The third-order valence-corrected chi connectivity index (χ3v) is 2.72. The molecule has 0 amide bonds. The first kappa shape index (κ1) is 11.9. The number of hydrogen-bond donors (Lipinski definition) is 1. The number of rotatable bonds is 5. The molecule has 2 rings (SSSR count). The fourth-order valence-electron chi connectivity index (χ4n) is 1.84. The molecule has 0 aromatic carbocycles. The molecule has 0 bridgehead atoms. The van der Waals surface area contributed by atoms with Gasteiger partial charge in [0.05, 0.1) is 6.20 Å². The van der Waals surface area contributed by atoms with Crippen LogP contribution in [0.5, 0.6) is 0 Å². The van der Waals surface area contributed by atoms with Crippen LogP contribution in [0.4, 0.5) is 5.82 Å². The molecule has 0 aliphatic rings. The molecule has 0 atom stereocenters. The van der Waals surface area contributed by atoms with Crippen LogP contribution in [0.25, 0.3) is 5.65 Å². The summed E-state index contributed by atoms with van der Waals surface area (Å²) in [6, 6.07) is 4.20. The van der Waals surface area contributed by atoms with Gasteiger partial charge in [0.25, 0.3) is 0 Å². The van der Waals surface area contributed by atoms with E-state index in [1.807, 2.05) is 18.3 Å². The molecule has 5 heteroatoms. The smallest absolute Gasteiger partial charge is 0.157 e. The molecule has 0 radical (unpaired) electrons. The fraction of sp³-hybridized carbons (Fsp3) is 0.500. The van der Waals surface area contributed by atoms with Crippen molar-refractivity contribution in [1.82, 2.24) is 14.6 Å². The van der Waals surface area contributed by atoms with E-state index in [4.69, 9.17) is 5.11 Å². The molecule has 0 spiro atoms. The Balaban J connectivity index is 2.27. The van der Waals surface area contributed by atoms with Gasteiger partial charge in [-0.2, -0.15) is 5.10 Å². The maximum Gasteiger partial charge on any atom is 0.157 e. The van der Waals surface area contributed by atoms with Crippen LogP contribution in [0, 0.1) is 0 Å². The van der Waals surface area contributed by atoms with Crippen molar-refractivity contribution >= 4 is 11.5 Å². The summed E-state index contributed by atoms with van der Waals surface area (Å²) in [6.07, 6.45) is 4.40. The summed E-state index contributed by atoms with van der Waals surface area (Å²) in [5.41, 5.74) is 0.845. The van der Waals surface area contributed by atoms with Crippen LogP contribution in [-0.4, -0.2) is 38.9 Å². The zero-order chi connectivity index (χ0) is 12.3. The Kier molecular flexibility index (Phi) is 3.58. The van der Waals surface area contributed by atoms with E-state index in [2.05, 4.69) is 28.8 Å². The molecule has 0 saturated carbocycles. The summed E-state index contributed by atoms with van der Waals surface area (Å²) < 4.78 is 1.74. The first-order valence-corrected chi connectivity index (χ1v) is 5.90. The minimum absolute atomic E-state index is 0.206. The minimum Gasteiger partial charge on any atom is -0.396 e. The monoisotopic (exact) mass is 234 g/mol. The molecule has 92 valence electrons. The van der Waals surface area contributed by atoms with Gasteiger partial charge in [-0.1, -0.05) is 0 Å². The van der Waals surface area contributed by atoms with Crippen molar-refractivity contribution < 1.29 is 5.11 Å². The van der Waals surface area contributed by atoms with Crippen LogP contribution < -0.4 is 4.90 Å². The summed E-state index contributed by atoms with van der Waals surface area (Å²) >= 11 is 0. The molecule has 0 aliphatic carbocycles. The van der Waals surface area contributed by atoms with Crippen LogP contribution >= 0.6 is 0 Å². The van der Waals surface area contributed by atoms with Crippen molar-refractivity contribution in [1.29, 1.82) is 0 Å². The molecule has 0 fully saturated rings. The van der Waals surface area contributed by atoms with E-state index in [-0.39, 0.29) is 6.61 Å². The lowest BCUT2D eigenvalue weighted by molar-refractivity contribution is 0.288. The molecule has 0 aliphatic heterocycles. The number of hydrogen-bond acceptors (Lipinski definition) is 4. The first-order chi connectivity index (χ1) is 8.22. The van der Waals surface area contributed by atoms with E-state index in [1.54, 1.807) is 10.7 Å². The maximum absolute atomic E-state index is 8.92. The molecular formula is C12H18N4O. The van der Waals surface area contributed by atoms with Crippen molar-refractivity contribution in [3.63, 3.8) is 0 Å². The Morgan fingerprint density at radius 3 is 2.94 bits per heavy atom. The van der Waals surface area contributed by atoms with Crippen molar-refractivity contribution in [2.45, 2.75) is 26.3 Å². The van der Waals surface area contributed by atoms with E-state index in [0.29, 0.717) is 6.04 Å². The molecule has 0 saturated heterocycles. The predicted molar refractivity (Wildman–Crippen MR) is 67.2 cm³/mol. The molecule has 1 N–H and O–H groups in total. The highest BCUT2D eigenvalue weighted by atomic mass is 16.3. The van der Waals surface area contributed by atoms with Crippen LogP contribution in [0.15, 0.2) is 24.5 Å². The Bertz CT molecular complexity index is 480. The van der Waals surface area contributed by atoms with Crippen LogP contribution in [0.1, 0.15) is 20.3 Å². The van der Waals surface area contributed by atoms with Crippen LogP contribution in [0.3, 0.4) is 0 Å². The van der Waals surface area contributed by atoms with E-state index in [1.165, 1.54) is 0 Å². The summed E-state index contributed by atoms with van der Waals surface area (Å²) in [4.78, 5) is 6.74. The number of anilines is 1. The van der Waals surface area contributed by atoms with Gasteiger partial charge in [0.2, 0.25) is 0 Å². The second-order valence-electron chi connectivity index (χ2n) is 4.28. The first-order valence-electron chi connectivity index (χ1n) is 5.90. The van der Waals surface area contributed by atoms with Gasteiger partial charge in [0.1, 0.15) is 5.82 Å². The third-order valence-electron chi connectivity index (χ3n) is 2.72. The molecule has 17 heavy (non-hydrogen) atoms. The third kappa shape index (κ3) is 2.55. The molecule has 2 heterocycles. The number of fused-ring (bicyclic) bond motifs is 1. The lowest BCUT2D eigenvalue weighted by atomic mass is 10.3. The molecule has 2 aromatic heterocycles. The lowest BCUT2D eigenvalue weighted by Crippen LogP contribution is -2.33. The van der Waals surface area contributed by atoms with Crippen LogP contribution in [-0.2, 0) is 0 Å². The number of nitrogens with zero attached hydrogens (tertiary/aromatic N) is 4. The fourth-order valence-corrected chi connectivity index (χ4v) is 1.84. The Morgan fingerprint density at radius 1 is 1.41 bits per heavy atom. The predicted octanol–water partition coefficient (Wildman–Crippen LogP) is 1.33. The summed E-state index contributed by atoms with van der Waals surface area (Å²) in [6.45, 7) is 5.27. The molecular weight excluding hydrogens is 216 g/mol. The highest BCUT2D eigenvalue weighted by molar-refractivity contribution is 5.47. The Hall–Kier alpha value is -1.62. The Morgan fingerprint density at radius 2 is 2.24 bits per heavy atom. The lowest BCUT2D eigenvalue weighted by Gasteiger charge is -2.27. The standard InChI is InChI=1S/C12H18N4O/c1-10(2)15(7-3-9-17)11-5-8-16-12(14-11)4-6-13-16/h4-6,8,10,17H,3,7,9H2,1-2H3. The van der Waals surface area contributed by atoms with Crippen molar-refractivity contribution in [3.8, 4) is 0 Å². The van der Waals surface area contributed by atoms with Gasteiger partial charge in [-0.3, -0.25) is 0 Å². The number of aromatic nitrogens is 3. The summed E-state index contributed by atoms with van der Waals surface area (Å²) in [7, 11) is 0. The minimum atomic E-state index is 0.206. The van der Waals surface area contributed by atoms with Gasteiger partial charge in [-0.25, -0.2) is 9.50 Å². The SMILES string of the molecule is CC(C)N(CCCO)c1ccn2nccc2n1. The van der Waals surface area contributed by atoms with Gasteiger partial charge in [0, 0.05) is 31.5 Å². The second-order valence-corrected chi connectivity index (χ2v) is 4.28. The van der Waals surface area contributed by atoms with E-state index < -0.39 is 0 Å². The van der Waals surface area contributed by atoms with Crippen molar-refractivity contribution in [2.24, 2.45) is 0 Å². The van der Waals surface area contributed by atoms with Gasteiger partial charge in [0.15, 0.2) is 5.65 Å². The number of aliphatic hydroxyl groups excluding tert-OH is 1. The van der Waals surface area contributed by atoms with E-state index in [9.17, 15) is 0 Å². The van der Waals surface area contributed by atoms with E-state index >= 15 is 0 Å². The van der Waals surface area contributed by atoms with Crippen molar-refractivity contribution in [3.05, 3.63) is 24.5 Å². The summed E-state index contributed by atoms with van der Waals surface area (Å²) in [5, 5.41) is 13.0. The zero-order valence-corrected chi connectivity index (χ0v) is 10.2. The Labute approximate surface area is 101 Å². The van der Waals surface area contributed by atoms with E-state index in [0.717, 1.165) is 24.4 Å². The number of aliphatic hydroxyl groups is 1. The van der Waals surface area contributed by atoms with Gasteiger partial charge < -0.3 is 10.0 Å². The molecule has 2 aromatic rings. The van der Waals surface area contributed by atoms with Gasteiger partial charge in [-0.15, -0.1) is 0 Å². The largest absolute Gasteiger partial charge is 0.396 e. The highest BCUT2D eigenvalue weighted by Crippen LogP contribution is 2.15. The zero-order valence-electron chi connectivity index (χ0n) is 10.2. The van der Waals surface area contributed by atoms with Gasteiger partial charge >= 0.3 is 0 Å². The topological polar surface area (TPSA) is 53.7 Å². The average molecular weight is 234 g/mol.